The Morgan fingerprint density at radius 1 is 1.38 bits per heavy atom. The molecule has 0 N–H and O–H groups in total. The fourth-order valence-corrected chi connectivity index (χ4v) is 3.17. The summed E-state index contributed by atoms with van der Waals surface area (Å²) in [6.07, 6.45) is 3.88. The molecule has 16 heavy (non-hydrogen) atoms. The Bertz CT molecular complexity index is 399. The summed E-state index contributed by atoms with van der Waals surface area (Å²) in [6.45, 7) is 13.3. The molecule has 4 heteroatoms. The fourth-order valence-electron chi connectivity index (χ4n) is 2.06. The zero-order valence-corrected chi connectivity index (χ0v) is 10.7. The van der Waals surface area contributed by atoms with Crippen molar-refractivity contribution in [2.45, 2.75) is 39.2 Å². The van der Waals surface area contributed by atoms with Crippen LogP contribution in [0.4, 0.5) is 5.13 Å². The van der Waals surface area contributed by atoms with Crippen LogP contribution in [-0.4, -0.2) is 18.1 Å². The van der Waals surface area contributed by atoms with Crippen LogP contribution >= 0.6 is 11.3 Å². The number of hydrogen-bond acceptors (Lipinski definition) is 3. The monoisotopic (exact) mass is 235 g/mol. The van der Waals surface area contributed by atoms with E-state index in [9.17, 15) is 0 Å². The Hall–Kier alpha value is -1.08. The average Bonchev–Trinajstić information content (AvgIpc) is 2.71. The van der Waals surface area contributed by atoms with Crippen LogP contribution in [0.25, 0.3) is 4.85 Å². The first kappa shape index (κ1) is 11.4. The van der Waals surface area contributed by atoms with Crippen LogP contribution in [0.2, 0.25) is 0 Å². The number of hydrogen-bond donors (Lipinski definition) is 0. The third kappa shape index (κ3) is 2.19. The van der Waals surface area contributed by atoms with Crippen LogP contribution in [-0.2, 0) is 0 Å². The topological polar surface area (TPSA) is 20.5 Å². The van der Waals surface area contributed by atoms with E-state index in [1.807, 2.05) is 13.8 Å². The minimum absolute atomic E-state index is 0.0453. The van der Waals surface area contributed by atoms with E-state index >= 15 is 0 Å². The molecule has 1 aliphatic rings. The first-order valence-electron chi connectivity index (χ1n) is 5.81. The van der Waals surface area contributed by atoms with E-state index in [-0.39, 0.29) is 6.04 Å². The zero-order valence-electron chi connectivity index (χ0n) is 9.86. The predicted molar refractivity (Wildman–Crippen MR) is 67.9 cm³/mol. The molecule has 86 valence electrons. The highest BCUT2D eigenvalue weighted by molar-refractivity contribution is 7.15. The first-order valence-corrected chi connectivity index (χ1v) is 6.63. The van der Waals surface area contributed by atoms with Crippen LogP contribution < -0.4 is 4.90 Å². The van der Waals surface area contributed by atoms with Gasteiger partial charge in [-0.3, -0.25) is 0 Å². The van der Waals surface area contributed by atoms with E-state index in [1.165, 1.54) is 19.3 Å². The van der Waals surface area contributed by atoms with Gasteiger partial charge >= 0.3 is 0 Å². The van der Waals surface area contributed by atoms with Gasteiger partial charge in [-0.25, -0.2) is 11.6 Å². The number of aromatic nitrogens is 1. The van der Waals surface area contributed by atoms with Crippen LogP contribution in [0.1, 0.15) is 42.8 Å². The lowest BCUT2D eigenvalue weighted by Crippen LogP contribution is -2.29. The van der Waals surface area contributed by atoms with Gasteiger partial charge in [-0.05, 0) is 26.2 Å². The maximum Gasteiger partial charge on any atom is 0.256 e. The molecule has 0 radical (unpaired) electrons. The van der Waals surface area contributed by atoms with Crippen molar-refractivity contribution < 1.29 is 0 Å². The molecule has 1 atom stereocenters. The van der Waals surface area contributed by atoms with E-state index in [4.69, 9.17) is 6.57 Å². The number of piperidine rings is 1. The highest BCUT2D eigenvalue weighted by atomic mass is 32.1. The molecule has 1 aliphatic heterocycles. The van der Waals surface area contributed by atoms with Crippen molar-refractivity contribution in [2.24, 2.45) is 0 Å². The van der Waals surface area contributed by atoms with Crippen LogP contribution in [0, 0.1) is 13.5 Å². The summed E-state index contributed by atoms with van der Waals surface area (Å²) in [5.74, 6) is 0. The quantitative estimate of drug-likeness (QED) is 0.732. The smallest absolute Gasteiger partial charge is 0.256 e. The fraction of sp³-hybridized carbons (Fsp3) is 0.667. The van der Waals surface area contributed by atoms with Gasteiger partial charge in [0, 0.05) is 20.0 Å². The average molecular weight is 235 g/mol. The molecule has 0 bridgehead atoms. The summed E-state index contributed by atoms with van der Waals surface area (Å²) >= 11 is 1.70. The summed E-state index contributed by atoms with van der Waals surface area (Å²) in [4.78, 5) is 11.7. The lowest BCUT2D eigenvalue weighted by Gasteiger charge is -2.25. The number of nitrogens with zero attached hydrogens (tertiary/aromatic N) is 3. The Kier molecular flexibility index (Phi) is 3.45. The van der Waals surface area contributed by atoms with Gasteiger partial charge < -0.3 is 9.74 Å². The number of anilines is 1. The van der Waals surface area contributed by atoms with Gasteiger partial charge in [-0.2, -0.15) is 0 Å². The van der Waals surface area contributed by atoms with Crippen molar-refractivity contribution in [3.8, 4) is 0 Å². The van der Waals surface area contributed by atoms with E-state index in [1.54, 1.807) is 11.3 Å². The van der Waals surface area contributed by atoms with E-state index < -0.39 is 0 Å². The Morgan fingerprint density at radius 3 is 2.69 bits per heavy atom. The van der Waals surface area contributed by atoms with Crippen molar-refractivity contribution in [1.82, 2.24) is 4.98 Å². The summed E-state index contributed by atoms with van der Waals surface area (Å²) in [7, 11) is 0. The third-order valence-electron chi connectivity index (χ3n) is 3.02. The Morgan fingerprint density at radius 2 is 2.06 bits per heavy atom. The van der Waals surface area contributed by atoms with E-state index in [0.29, 0.717) is 0 Å². The van der Waals surface area contributed by atoms with Gasteiger partial charge in [-0.15, -0.1) is 0 Å². The maximum absolute atomic E-state index is 7.09. The van der Waals surface area contributed by atoms with Gasteiger partial charge in [0.25, 0.3) is 6.04 Å². The van der Waals surface area contributed by atoms with E-state index in [0.717, 1.165) is 28.8 Å². The minimum Gasteiger partial charge on any atom is -0.348 e. The van der Waals surface area contributed by atoms with Crippen molar-refractivity contribution in [1.29, 1.82) is 0 Å². The minimum atomic E-state index is -0.0453. The van der Waals surface area contributed by atoms with Gasteiger partial charge in [0.2, 0.25) is 0 Å². The third-order valence-corrected chi connectivity index (χ3v) is 4.41. The zero-order chi connectivity index (χ0) is 11.5. The molecule has 0 saturated carbocycles. The molecule has 0 aliphatic carbocycles. The number of thiazole rings is 1. The first-order chi connectivity index (χ1) is 7.72. The SMILES string of the molecule is [C-]#[N+]C(C)c1sc(N2CCCCC2)nc1C. The molecule has 0 amide bonds. The van der Waals surface area contributed by atoms with Gasteiger partial charge in [0.1, 0.15) is 4.88 Å². The maximum atomic E-state index is 7.09. The summed E-state index contributed by atoms with van der Waals surface area (Å²) in [5.41, 5.74) is 1.04. The van der Waals surface area contributed by atoms with Gasteiger partial charge in [0.05, 0.1) is 5.69 Å². The Labute approximate surface area is 101 Å². The molecule has 1 unspecified atom stereocenters. The van der Waals surface area contributed by atoms with Gasteiger partial charge in [-0.1, -0.05) is 11.3 Å². The molecule has 0 spiro atoms. The molecular weight excluding hydrogens is 218 g/mol. The van der Waals surface area contributed by atoms with E-state index in [2.05, 4.69) is 14.7 Å². The Balaban J connectivity index is 2.20. The highest BCUT2D eigenvalue weighted by Crippen LogP contribution is 2.33. The molecule has 0 aromatic carbocycles. The van der Waals surface area contributed by atoms with Crippen LogP contribution in [0.15, 0.2) is 0 Å². The van der Waals surface area contributed by atoms with Gasteiger partial charge in [0.15, 0.2) is 5.13 Å². The van der Waals surface area contributed by atoms with Crippen molar-refractivity contribution >= 4 is 16.5 Å². The second-order valence-corrected chi connectivity index (χ2v) is 5.31. The van der Waals surface area contributed by atoms with Crippen molar-refractivity contribution in [3.05, 3.63) is 22.0 Å². The molecule has 1 aromatic heterocycles. The largest absolute Gasteiger partial charge is 0.348 e. The standard InChI is InChI=1S/C12H17N3S/c1-9(13-3)11-10(2)14-12(16-11)15-7-5-4-6-8-15/h9H,4-8H2,1-2H3. The summed E-state index contributed by atoms with van der Waals surface area (Å²) in [5, 5.41) is 1.11. The number of rotatable bonds is 2. The molecule has 1 saturated heterocycles. The number of aryl methyl sites for hydroxylation is 1. The molecule has 1 aromatic rings. The molecule has 1 fully saturated rings. The van der Waals surface area contributed by atoms with Crippen LogP contribution in [0.5, 0.6) is 0 Å². The predicted octanol–water partition coefficient (Wildman–Crippen LogP) is 3.42. The highest BCUT2D eigenvalue weighted by Gasteiger charge is 2.21. The molecule has 3 nitrogen and oxygen atoms in total. The second kappa shape index (κ2) is 4.84. The summed E-state index contributed by atoms with van der Waals surface area (Å²) < 4.78 is 0. The van der Waals surface area contributed by atoms with Crippen molar-refractivity contribution in [3.63, 3.8) is 0 Å². The van der Waals surface area contributed by atoms with Crippen LogP contribution in [0.3, 0.4) is 0 Å². The normalized spacial score (nSPS) is 18.2. The molecule has 2 heterocycles. The van der Waals surface area contributed by atoms with Crippen molar-refractivity contribution in [2.75, 3.05) is 18.0 Å². The molecule has 2 rings (SSSR count). The lowest BCUT2D eigenvalue weighted by molar-refractivity contribution is 0.576. The summed E-state index contributed by atoms with van der Waals surface area (Å²) in [6, 6.07) is -0.0453. The second-order valence-electron chi connectivity index (χ2n) is 4.30. The lowest BCUT2D eigenvalue weighted by atomic mass is 10.1. The molecular formula is C12H17N3S.